The van der Waals surface area contributed by atoms with E-state index in [9.17, 15) is 9.59 Å². The van der Waals surface area contributed by atoms with Gasteiger partial charge in [-0.2, -0.15) is 0 Å². The number of nitrogens with one attached hydrogen (secondary N) is 1. The number of primary amides is 1. The van der Waals surface area contributed by atoms with Gasteiger partial charge in [0.05, 0.1) is 19.8 Å². The third kappa shape index (κ3) is 14.9. The van der Waals surface area contributed by atoms with Crippen molar-refractivity contribution in [1.82, 2.24) is 5.32 Å². The summed E-state index contributed by atoms with van der Waals surface area (Å²) in [6.07, 6.45) is 7.00. The van der Waals surface area contributed by atoms with Gasteiger partial charge in [-0.25, -0.2) is 0 Å². The summed E-state index contributed by atoms with van der Waals surface area (Å²) in [5.41, 5.74) is 5.05. The van der Waals surface area contributed by atoms with Crippen molar-refractivity contribution in [2.45, 2.75) is 51.4 Å². The highest BCUT2D eigenvalue weighted by atomic mass is 16.5. The molecule has 6 nitrogen and oxygen atoms in total. The van der Waals surface area contributed by atoms with E-state index in [-0.39, 0.29) is 18.4 Å². The van der Waals surface area contributed by atoms with Crippen LogP contribution in [0.2, 0.25) is 0 Å². The fourth-order valence-electron chi connectivity index (χ4n) is 1.81. The van der Waals surface area contributed by atoms with Crippen molar-refractivity contribution < 1.29 is 19.4 Å². The summed E-state index contributed by atoms with van der Waals surface area (Å²) in [6, 6.07) is 0. The summed E-state index contributed by atoms with van der Waals surface area (Å²) in [5.74, 6) is -0.184. The molecule has 0 spiro atoms. The monoisotopic (exact) mass is 288 g/mol. The van der Waals surface area contributed by atoms with E-state index in [2.05, 4.69) is 5.32 Å². The highest BCUT2D eigenvalue weighted by Crippen LogP contribution is 2.08. The minimum atomic E-state index is -0.232. The number of aliphatic hydroxyl groups excluding tert-OH is 1. The maximum Gasteiger partial charge on any atom is 0.220 e. The number of hydrogen-bond donors (Lipinski definition) is 3. The third-order valence-electron chi connectivity index (χ3n) is 2.88. The minimum absolute atomic E-state index is 0.00733. The van der Waals surface area contributed by atoms with E-state index in [1.165, 1.54) is 0 Å². The SMILES string of the molecule is NC(=O)CCCCCCCCC(=O)NCCOCCO. The van der Waals surface area contributed by atoms with Crippen LogP contribution < -0.4 is 11.1 Å². The Balaban J connectivity index is 3.17. The number of aliphatic hydroxyl groups is 1. The van der Waals surface area contributed by atoms with E-state index in [0.29, 0.717) is 32.6 Å². The first kappa shape index (κ1) is 18.9. The second-order valence-electron chi connectivity index (χ2n) is 4.77. The van der Waals surface area contributed by atoms with E-state index in [0.717, 1.165) is 38.5 Å². The number of unbranched alkanes of at least 4 members (excludes halogenated alkanes) is 5. The Labute approximate surface area is 121 Å². The van der Waals surface area contributed by atoms with Gasteiger partial charge in [-0.1, -0.05) is 25.7 Å². The highest BCUT2D eigenvalue weighted by molar-refractivity contribution is 5.75. The molecule has 0 saturated carbocycles. The summed E-state index contributed by atoms with van der Waals surface area (Å²) in [5, 5.41) is 11.3. The lowest BCUT2D eigenvalue weighted by molar-refractivity contribution is -0.121. The van der Waals surface area contributed by atoms with Gasteiger partial charge in [-0.05, 0) is 12.8 Å². The molecule has 4 N–H and O–H groups in total. The fourth-order valence-corrected chi connectivity index (χ4v) is 1.81. The molecule has 118 valence electrons. The molecule has 0 aromatic carbocycles. The molecule has 0 rings (SSSR count). The van der Waals surface area contributed by atoms with Gasteiger partial charge < -0.3 is 20.9 Å². The molecule has 0 atom stereocenters. The molecule has 2 amide bonds. The van der Waals surface area contributed by atoms with E-state index in [1.807, 2.05) is 0 Å². The average Bonchev–Trinajstić information content (AvgIpc) is 2.41. The molecule has 0 aliphatic rings. The first-order valence-electron chi connectivity index (χ1n) is 7.40. The Morgan fingerprint density at radius 3 is 2.15 bits per heavy atom. The molecule has 20 heavy (non-hydrogen) atoms. The normalized spacial score (nSPS) is 10.4. The van der Waals surface area contributed by atoms with Crippen molar-refractivity contribution >= 4 is 11.8 Å². The highest BCUT2D eigenvalue weighted by Gasteiger charge is 2.00. The number of carbonyl (C=O) groups excluding carboxylic acids is 2. The van der Waals surface area contributed by atoms with E-state index < -0.39 is 0 Å². The molecule has 0 radical (unpaired) electrons. The van der Waals surface area contributed by atoms with Gasteiger partial charge in [0, 0.05) is 19.4 Å². The topological polar surface area (TPSA) is 102 Å². The Kier molecular flexibility index (Phi) is 13.5. The smallest absolute Gasteiger partial charge is 0.220 e. The Bertz CT molecular complexity index is 260. The first-order valence-corrected chi connectivity index (χ1v) is 7.40. The molecule has 0 bridgehead atoms. The van der Waals surface area contributed by atoms with Crippen LogP contribution in [0.5, 0.6) is 0 Å². The molecular weight excluding hydrogens is 260 g/mol. The molecule has 0 unspecified atom stereocenters. The zero-order valence-electron chi connectivity index (χ0n) is 12.2. The van der Waals surface area contributed by atoms with Crippen molar-refractivity contribution in [2.24, 2.45) is 5.73 Å². The molecule has 0 saturated heterocycles. The van der Waals surface area contributed by atoms with Crippen LogP contribution in [0.4, 0.5) is 0 Å². The van der Waals surface area contributed by atoms with Gasteiger partial charge in [-0.3, -0.25) is 9.59 Å². The zero-order chi connectivity index (χ0) is 15.1. The lowest BCUT2D eigenvalue weighted by Gasteiger charge is -2.05. The third-order valence-corrected chi connectivity index (χ3v) is 2.88. The van der Waals surface area contributed by atoms with Crippen LogP contribution in [0.1, 0.15) is 51.4 Å². The number of nitrogens with two attached hydrogens (primary N) is 1. The van der Waals surface area contributed by atoms with Crippen LogP contribution in [-0.4, -0.2) is 43.3 Å². The lowest BCUT2D eigenvalue weighted by atomic mass is 10.1. The van der Waals surface area contributed by atoms with E-state index in [1.54, 1.807) is 0 Å². The first-order chi connectivity index (χ1) is 9.66. The Morgan fingerprint density at radius 2 is 1.55 bits per heavy atom. The minimum Gasteiger partial charge on any atom is -0.394 e. The van der Waals surface area contributed by atoms with Crippen molar-refractivity contribution in [3.63, 3.8) is 0 Å². The van der Waals surface area contributed by atoms with Crippen LogP contribution in [0.3, 0.4) is 0 Å². The number of carbonyl (C=O) groups is 2. The molecular formula is C14H28N2O4. The van der Waals surface area contributed by atoms with Crippen molar-refractivity contribution in [3.8, 4) is 0 Å². The summed E-state index contributed by atoms with van der Waals surface area (Å²) >= 11 is 0. The molecule has 0 aromatic rings. The zero-order valence-corrected chi connectivity index (χ0v) is 12.2. The Morgan fingerprint density at radius 1 is 0.950 bits per heavy atom. The maximum absolute atomic E-state index is 11.4. The van der Waals surface area contributed by atoms with Crippen LogP contribution in [0.25, 0.3) is 0 Å². The van der Waals surface area contributed by atoms with E-state index >= 15 is 0 Å². The van der Waals surface area contributed by atoms with Gasteiger partial charge in [0.2, 0.25) is 11.8 Å². The van der Waals surface area contributed by atoms with Crippen LogP contribution >= 0.6 is 0 Å². The second-order valence-corrected chi connectivity index (χ2v) is 4.77. The largest absolute Gasteiger partial charge is 0.394 e. The van der Waals surface area contributed by atoms with Crippen LogP contribution in [0.15, 0.2) is 0 Å². The van der Waals surface area contributed by atoms with Gasteiger partial charge in [0.1, 0.15) is 0 Å². The van der Waals surface area contributed by atoms with Gasteiger partial charge in [-0.15, -0.1) is 0 Å². The van der Waals surface area contributed by atoms with Crippen molar-refractivity contribution in [2.75, 3.05) is 26.4 Å². The molecule has 0 aromatic heterocycles. The van der Waals surface area contributed by atoms with Gasteiger partial charge >= 0.3 is 0 Å². The molecule has 0 heterocycles. The number of rotatable bonds is 14. The quantitative estimate of drug-likeness (QED) is 0.410. The van der Waals surface area contributed by atoms with Crippen molar-refractivity contribution in [1.29, 1.82) is 0 Å². The van der Waals surface area contributed by atoms with Crippen molar-refractivity contribution in [3.05, 3.63) is 0 Å². The van der Waals surface area contributed by atoms with E-state index in [4.69, 9.17) is 15.6 Å². The summed E-state index contributed by atoms with van der Waals surface area (Å²) in [6.45, 7) is 1.25. The molecule has 0 aliphatic carbocycles. The number of hydrogen-bond acceptors (Lipinski definition) is 4. The Hall–Kier alpha value is -1.14. The predicted molar refractivity (Wildman–Crippen MR) is 77.0 cm³/mol. The molecule has 0 fully saturated rings. The standard InChI is InChI=1S/C14H28N2O4/c15-13(18)7-5-3-1-2-4-6-8-14(19)16-9-11-20-12-10-17/h17H,1-12H2,(H2,15,18)(H,16,19). The second kappa shape index (κ2) is 14.3. The maximum atomic E-state index is 11.4. The van der Waals surface area contributed by atoms with Gasteiger partial charge in [0.25, 0.3) is 0 Å². The number of ether oxygens (including phenoxy) is 1. The fraction of sp³-hybridized carbons (Fsp3) is 0.857. The van der Waals surface area contributed by atoms with Crippen LogP contribution in [-0.2, 0) is 14.3 Å². The summed E-state index contributed by atoms with van der Waals surface area (Å²) in [4.78, 5) is 21.9. The summed E-state index contributed by atoms with van der Waals surface area (Å²) < 4.78 is 5.03. The van der Waals surface area contributed by atoms with Crippen LogP contribution in [0, 0.1) is 0 Å². The number of amides is 2. The average molecular weight is 288 g/mol. The van der Waals surface area contributed by atoms with Gasteiger partial charge in [0.15, 0.2) is 0 Å². The molecule has 6 heteroatoms. The predicted octanol–water partition coefficient (Wildman–Crippen LogP) is 0.718. The lowest BCUT2D eigenvalue weighted by Crippen LogP contribution is -2.27. The summed E-state index contributed by atoms with van der Waals surface area (Å²) in [7, 11) is 0. The molecule has 0 aliphatic heterocycles.